The average Bonchev–Trinajstić information content (AvgIpc) is 4.21. The number of ether oxygens (including phenoxy) is 11. The predicted octanol–water partition coefficient (Wildman–Crippen LogP) is 4.31. The lowest BCUT2D eigenvalue weighted by Crippen LogP contribution is -2.38. The van der Waals surface area contributed by atoms with Gasteiger partial charge in [-0.15, -0.1) is 0 Å². The Hall–Kier alpha value is -0.230. The fourth-order valence-corrected chi connectivity index (χ4v) is 12.6. The van der Waals surface area contributed by atoms with Crippen molar-refractivity contribution in [2.75, 3.05) is 88.9 Å². The molecule has 0 bridgehead atoms. The summed E-state index contributed by atoms with van der Waals surface area (Å²) in [4.78, 5) is 9.77. The Labute approximate surface area is 443 Å². The first-order valence-electron chi connectivity index (χ1n) is 25.5. The van der Waals surface area contributed by atoms with Crippen LogP contribution >= 0.6 is 23.5 Å². The van der Waals surface area contributed by atoms with Gasteiger partial charge < -0.3 is 72.9 Å². The van der Waals surface area contributed by atoms with E-state index in [-0.39, 0.29) is 93.7 Å². The summed E-state index contributed by atoms with van der Waals surface area (Å²) in [5, 5.41) is 19.7. The molecule has 29 heteroatoms. The molecule has 0 aromatic heterocycles. The van der Waals surface area contributed by atoms with E-state index in [4.69, 9.17) is 94.0 Å². The monoisotopic (exact) mass is 1150 g/mol. The summed E-state index contributed by atoms with van der Waals surface area (Å²) in [6, 6.07) is 0. The third-order valence-electron chi connectivity index (χ3n) is 13.8. The molecule has 0 aliphatic carbocycles. The zero-order valence-corrected chi connectivity index (χ0v) is 49.0. The fourth-order valence-electron chi connectivity index (χ4n) is 9.26. The molecule has 6 rings (SSSR count). The van der Waals surface area contributed by atoms with Gasteiger partial charge in [-0.2, -0.15) is 0 Å². The van der Waals surface area contributed by atoms with Gasteiger partial charge in [0.2, 0.25) is 0 Å². The van der Waals surface area contributed by atoms with E-state index in [0.29, 0.717) is 32.5 Å². The van der Waals surface area contributed by atoms with Crippen molar-refractivity contribution in [2.24, 2.45) is 17.6 Å². The first-order valence-corrected chi connectivity index (χ1v) is 29.9. The number of nitrogens with two attached hydrogens (primary N) is 1. The van der Waals surface area contributed by atoms with Gasteiger partial charge in [0.15, 0.2) is 0 Å². The smallest absolute Gasteiger partial charge is 0.394 e. The summed E-state index contributed by atoms with van der Waals surface area (Å²) < 4.78 is 141. The second-order valence-electron chi connectivity index (χ2n) is 20.4. The van der Waals surface area contributed by atoms with E-state index in [1.54, 1.807) is 28.3 Å². The molecule has 0 radical (unpaired) electrons. The number of hydrogen-bond donors (Lipinski definition) is 4. The van der Waals surface area contributed by atoms with Gasteiger partial charge in [0.1, 0.15) is 67.3 Å². The molecule has 26 nitrogen and oxygen atoms in total. The maximum absolute atomic E-state index is 13.0. The molecule has 6 aliphatic heterocycles. The molecular weight excluding hydrogens is 1060 g/mol. The molecule has 0 aromatic rings. The van der Waals surface area contributed by atoms with Crippen molar-refractivity contribution < 1.29 is 117 Å². The molecule has 0 aromatic carbocycles. The Kier molecular flexibility index (Phi) is 27.6. The van der Waals surface area contributed by atoms with Gasteiger partial charge in [-0.25, -0.2) is 13.7 Å². The van der Waals surface area contributed by atoms with Crippen molar-refractivity contribution in [3.63, 3.8) is 0 Å². The van der Waals surface area contributed by atoms with Crippen LogP contribution in [0.5, 0.6) is 0 Å². The zero-order chi connectivity index (χ0) is 56.1. The summed E-state index contributed by atoms with van der Waals surface area (Å²) in [6.07, 6.45) is -5.67. The van der Waals surface area contributed by atoms with Crippen LogP contribution in [0, 0.1) is 11.8 Å². The van der Waals surface area contributed by atoms with Gasteiger partial charge in [-0.05, 0) is 48.5 Å². The second kappa shape index (κ2) is 30.7. The molecule has 10 unspecified atom stereocenters. The Morgan fingerprint density at radius 3 is 1.64 bits per heavy atom. The van der Waals surface area contributed by atoms with E-state index in [9.17, 15) is 28.8 Å². The minimum Gasteiger partial charge on any atom is -0.394 e. The quantitative estimate of drug-likeness (QED) is 0.0926. The highest BCUT2D eigenvalue weighted by Crippen LogP contribution is 2.55. The molecule has 75 heavy (non-hydrogen) atoms. The van der Waals surface area contributed by atoms with Gasteiger partial charge >= 0.3 is 23.5 Å². The summed E-state index contributed by atoms with van der Waals surface area (Å²) in [7, 11) is -3.17. The molecule has 23 atom stereocenters. The summed E-state index contributed by atoms with van der Waals surface area (Å²) >= 11 is 0. The zero-order valence-electron chi connectivity index (χ0n) is 46.4. The Morgan fingerprint density at radius 2 is 1.09 bits per heavy atom. The van der Waals surface area contributed by atoms with Gasteiger partial charge in [-0.3, -0.25) is 36.2 Å². The number of aliphatic hydroxyl groups excluding tert-OH is 2. The molecule has 6 heterocycles. The Bertz CT molecular complexity index is 1770. The number of phosphoric ester groups is 3. The van der Waals surface area contributed by atoms with Gasteiger partial charge in [0.05, 0.1) is 88.0 Å². The average molecular weight is 1150 g/mol. The molecule has 6 saturated heterocycles. The molecule has 0 saturated carbocycles. The fraction of sp³-hybridized carbons (Fsp3) is 1.00. The first kappa shape index (κ1) is 67.3. The van der Waals surface area contributed by atoms with E-state index >= 15 is 0 Å². The lowest BCUT2D eigenvalue weighted by atomic mass is 9.99. The Balaban J connectivity index is 0.000000244. The summed E-state index contributed by atoms with van der Waals surface area (Å²) in [6.45, 7) is 17.7. The van der Waals surface area contributed by atoms with Crippen molar-refractivity contribution in [2.45, 2.75) is 197 Å². The first-order chi connectivity index (χ1) is 35.2. The van der Waals surface area contributed by atoms with Crippen molar-refractivity contribution in [1.29, 1.82) is 0 Å². The van der Waals surface area contributed by atoms with Crippen LogP contribution in [0.1, 0.15) is 81.6 Å². The molecule has 5 N–H and O–H groups in total. The predicted molar refractivity (Wildman–Crippen MR) is 267 cm³/mol. The van der Waals surface area contributed by atoms with E-state index in [0.717, 1.165) is 0 Å². The van der Waals surface area contributed by atoms with Crippen LogP contribution in [0.15, 0.2) is 0 Å². The third kappa shape index (κ3) is 20.0. The van der Waals surface area contributed by atoms with Crippen molar-refractivity contribution >= 4 is 23.5 Å². The van der Waals surface area contributed by atoms with E-state index in [2.05, 4.69) is 6.92 Å². The molecule has 0 spiro atoms. The number of aliphatic hydroxyl groups is 2. The standard InChI is InChI=1S/C17H33O8P.C16H31O9P.C13H26NO8P/c1-10-12(3)24-15(16(10)20-6)9-22-26(18,21-7)25-17-11(2)13(4)23-14(17)8-19-5;1-10-14(18)15(13(23-10)9-22-16(2,3)4)25-26(19,20-5)24-11-6-7-21-12(11)8-17;1-8-4-9(17-2)11(21-8)6-19-23(15,16)20-7-12-10(18-3)5-13(14)22-12/h10-17H,8-9H2,1-7H3;10-15,17-18H,6-9H2,1-5H3;8-13H,4-7,14H2,1-3H3,(H,15,16)/t10-,11-,12+,13+,14-,15-,16?,17?,26?;10-,11+,12+,13+,14+,15?,26?;8-,9?,10?,11+,12?,13?/m100/s1. The maximum Gasteiger partial charge on any atom is 0.475 e. The molecule has 444 valence electrons. The van der Waals surface area contributed by atoms with Crippen molar-refractivity contribution in [3.8, 4) is 0 Å². The maximum atomic E-state index is 13.0. The lowest BCUT2D eigenvalue weighted by molar-refractivity contribution is -0.0882. The van der Waals surface area contributed by atoms with Crippen LogP contribution in [0.2, 0.25) is 0 Å². The van der Waals surface area contributed by atoms with E-state index in [1.165, 1.54) is 21.3 Å². The molecular formula is C46H90NO25P3. The highest BCUT2D eigenvalue weighted by atomic mass is 31.2. The molecule has 6 aliphatic rings. The highest BCUT2D eigenvalue weighted by Gasteiger charge is 2.50. The number of hydrogen-bond acceptors (Lipinski definition) is 25. The van der Waals surface area contributed by atoms with Crippen LogP contribution in [0.4, 0.5) is 0 Å². The topological polar surface area (TPSA) is 313 Å². The van der Waals surface area contributed by atoms with E-state index < -0.39 is 90.2 Å². The minimum absolute atomic E-state index is 0.0170. The number of methoxy groups -OCH3 is 4. The second-order valence-corrected chi connectivity index (χ2v) is 25.3. The van der Waals surface area contributed by atoms with Gasteiger partial charge in [0, 0.05) is 80.4 Å². The summed E-state index contributed by atoms with van der Waals surface area (Å²) in [5.74, 6) is 0.239. The number of rotatable bonds is 25. The minimum atomic E-state index is -4.22. The van der Waals surface area contributed by atoms with Gasteiger partial charge in [-0.1, -0.05) is 13.8 Å². The largest absolute Gasteiger partial charge is 0.475 e. The lowest BCUT2D eigenvalue weighted by Gasteiger charge is -2.29. The van der Waals surface area contributed by atoms with Crippen LogP contribution < -0.4 is 5.73 Å². The van der Waals surface area contributed by atoms with Crippen molar-refractivity contribution in [1.82, 2.24) is 0 Å². The SMILES string of the molecule is COC1CC(N)OC1COP(=O)(O)OC[C@H]1O[C@@H](C)CC1OC.COC[C@H]1O[C@@H](C)[C@@H](C)C1OP(=O)(OC)OC[C@H]1O[C@@H](C)[C@@H](C)C1OC.COP(=O)(OC1[C@@H](COC(C)(C)C)O[C@@H](C)[C@H]1O)O[C@@H]1CCO[C@@H]1CO. The van der Waals surface area contributed by atoms with Crippen LogP contribution in [0.25, 0.3) is 0 Å². The Morgan fingerprint density at radius 1 is 0.573 bits per heavy atom. The van der Waals surface area contributed by atoms with Crippen LogP contribution in [-0.2, 0) is 102 Å². The van der Waals surface area contributed by atoms with Crippen LogP contribution in [-0.4, -0.2) is 220 Å². The molecule has 0 amide bonds. The highest BCUT2D eigenvalue weighted by molar-refractivity contribution is 7.48. The number of phosphoric acid groups is 3. The van der Waals surface area contributed by atoms with Gasteiger partial charge in [0.25, 0.3) is 0 Å². The third-order valence-corrected chi connectivity index (χ3v) is 17.7. The molecule has 6 fully saturated rings. The normalized spacial score (nSPS) is 40.4. The van der Waals surface area contributed by atoms with Crippen LogP contribution in [0.3, 0.4) is 0 Å². The summed E-state index contributed by atoms with van der Waals surface area (Å²) in [5.41, 5.74) is 5.26. The van der Waals surface area contributed by atoms with Crippen molar-refractivity contribution in [3.05, 3.63) is 0 Å². The van der Waals surface area contributed by atoms with E-state index in [1.807, 2.05) is 48.5 Å².